The molecule has 0 amide bonds. The van der Waals surface area contributed by atoms with Crippen LogP contribution in [0.15, 0.2) is 6.33 Å². The molecule has 0 aliphatic carbocycles. The third kappa shape index (κ3) is 1.48. The first-order valence-electron chi connectivity index (χ1n) is 1.88. The van der Waals surface area contributed by atoms with Crippen LogP contribution in [0, 0.1) is 0 Å². The minimum Gasteiger partial charge on any atom is -0.388 e. The number of rotatable bonds is 1. The summed E-state index contributed by atoms with van der Waals surface area (Å²) in [7, 11) is 0. The summed E-state index contributed by atoms with van der Waals surface area (Å²) >= 11 is 0. The monoisotopic (exact) mass is 135 g/mol. The fraction of sp³-hybridized carbons (Fsp3) is 0.333. The van der Waals surface area contributed by atoms with Gasteiger partial charge >= 0.3 is 0 Å². The average molecular weight is 136 g/mol. The second-order valence-electron chi connectivity index (χ2n) is 1.09. The van der Waals surface area contributed by atoms with E-state index in [9.17, 15) is 0 Å². The van der Waals surface area contributed by atoms with Crippen molar-refractivity contribution in [3.8, 4) is 0 Å². The molecule has 0 aliphatic rings. The lowest BCUT2D eigenvalue weighted by atomic mass is 10.7. The van der Waals surface area contributed by atoms with Gasteiger partial charge in [-0.25, -0.2) is 4.98 Å². The van der Waals surface area contributed by atoms with E-state index in [4.69, 9.17) is 5.11 Å². The lowest BCUT2D eigenvalue weighted by molar-refractivity contribution is 0.272. The number of aliphatic hydroxyl groups is 1. The lowest BCUT2D eigenvalue weighted by Gasteiger charge is -1.77. The molecule has 0 unspecified atom stereocenters. The van der Waals surface area contributed by atoms with Gasteiger partial charge in [0.25, 0.3) is 0 Å². The van der Waals surface area contributed by atoms with Crippen LogP contribution >= 0.6 is 12.4 Å². The Kier molecular flexibility index (Phi) is 3.14. The van der Waals surface area contributed by atoms with Gasteiger partial charge in [0, 0.05) is 0 Å². The first kappa shape index (κ1) is 7.39. The summed E-state index contributed by atoms with van der Waals surface area (Å²) in [6.07, 6.45) is 1.35. The van der Waals surface area contributed by atoms with E-state index in [2.05, 4.69) is 15.2 Å². The molecule has 0 radical (unpaired) electrons. The smallest absolute Gasteiger partial charge is 0.149 e. The Morgan fingerprint density at radius 1 is 1.75 bits per heavy atom. The van der Waals surface area contributed by atoms with Crippen LogP contribution in [-0.4, -0.2) is 20.3 Å². The maximum atomic E-state index is 8.29. The fourth-order valence-electron chi connectivity index (χ4n) is 0.307. The topological polar surface area (TPSA) is 61.8 Å². The standard InChI is InChI=1S/C3H5N3O.ClH/c7-1-3-4-2-5-6-3;/h2,7H,1H2,(H,4,5,6);1H. The largest absolute Gasteiger partial charge is 0.388 e. The van der Waals surface area contributed by atoms with E-state index in [0.29, 0.717) is 5.82 Å². The van der Waals surface area contributed by atoms with Crippen molar-refractivity contribution in [3.05, 3.63) is 12.2 Å². The fourth-order valence-corrected chi connectivity index (χ4v) is 0.307. The molecule has 1 aromatic heterocycles. The van der Waals surface area contributed by atoms with Gasteiger partial charge in [-0.3, -0.25) is 5.10 Å². The predicted octanol–water partition coefficient (Wildman–Crippen LogP) is -0.281. The number of aliphatic hydroxyl groups excluding tert-OH is 1. The van der Waals surface area contributed by atoms with E-state index in [1.54, 1.807) is 0 Å². The zero-order valence-corrected chi connectivity index (χ0v) is 4.85. The van der Waals surface area contributed by atoms with Crippen molar-refractivity contribution >= 4 is 12.4 Å². The highest BCUT2D eigenvalue weighted by Crippen LogP contribution is 1.79. The second-order valence-corrected chi connectivity index (χ2v) is 1.09. The third-order valence-electron chi connectivity index (χ3n) is 0.615. The van der Waals surface area contributed by atoms with Crippen molar-refractivity contribution in [1.82, 2.24) is 15.2 Å². The van der Waals surface area contributed by atoms with Gasteiger partial charge in [-0.05, 0) is 0 Å². The van der Waals surface area contributed by atoms with Gasteiger partial charge in [0.1, 0.15) is 18.8 Å². The van der Waals surface area contributed by atoms with Gasteiger partial charge in [0.15, 0.2) is 0 Å². The second kappa shape index (κ2) is 3.40. The van der Waals surface area contributed by atoms with Gasteiger partial charge < -0.3 is 5.11 Å². The number of aromatic amines is 1. The van der Waals surface area contributed by atoms with Crippen LogP contribution in [-0.2, 0) is 6.61 Å². The van der Waals surface area contributed by atoms with E-state index in [-0.39, 0.29) is 19.0 Å². The van der Waals surface area contributed by atoms with Crippen molar-refractivity contribution < 1.29 is 5.11 Å². The van der Waals surface area contributed by atoms with Crippen LogP contribution in [0.25, 0.3) is 0 Å². The molecule has 5 heteroatoms. The summed E-state index contributed by atoms with van der Waals surface area (Å²) in [5, 5.41) is 14.3. The molecule has 0 fully saturated rings. The van der Waals surface area contributed by atoms with Gasteiger partial charge in [0.05, 0.1) is 0 Å². The number of aromatic nitrogens is 3. The van der Waals surface area contributed by atoms with Crippen LogP contribution in [0.1, 0.15) is 5.82 Å². The number of hydrogen-bond donors (Lipinski definition) is 2. The third-order valence-corrected chi connectivity index (χ3v) is 0.615. The number of hydrogen-bond acceptors (Lipinski definition) is 3. The number of nitrogens with zero attached hydrogens (tertiary/aromatic N) is 2. The van der Waals surface area contributed by atoms with Crippen molar-refractivity contribution in [1.29, 1.82) is 0 Å². The molecule has 46 valence electrons. The van der Waals surface area contributed by atoms with Gasteiger partial charge in [-0.1, -0.05) is 0 Å². The summed E-state index contributed by atoms with van der Waals surface area (Å²) in [6, 6.07) is 0. The number of nitrogens with one attached hydrogen (secondary N) is 1. The number of halogens is 1. The summed E-state index contributed by atoms with van der Waals surface area (Å²) < 4.78 is 0. The van der Waals surface area contributed by atoms with E-state index in [1.807, 2.05) is 0 Å². The molecule has 0 spiro atoms. The maximum Gasteiger partial charge on any atom is 0.149 e. The SMILES string of the molecule is Cl.OCc1ncn[nH]1. The van der Waals surface area contributed by atoms with E-state index in [0.717, 1.165) is 0 Å². The van der Waals surface area contributed by atoms with Crippen LogP contribution in [0.3, 0.4) is 0 Å². The Balaban J connectivity index is 0.000000490. The van der Waals surface area contributed by atoms with Crippen molar-refractivity contribution in [2.45, 2.75) is 6.61 Å². The van der Waals surface area contributed by atoms with E-state index in [1.165, 1.54) is 6.33 Å². The Bertz CT molecular complexity index is 129. The zero-order chi connectivity index (χ0) is 5.11. The molecule has 0 bridgehead atoms. The van der Waals surface area contributed by atoms with E-state index < -0.39 is 0 Å². The molecule has 1 rings (SSSR count). The first-order chi connectivity index (χ1) is 3.43. The summed E-state index contributed by atoms with van der Waals surface area (Å²) in [5.74, 6) is 0.500. The Morgan fingerprint density at radius 3 is 2.75 bits per heavy atom. The first-order valence-corrected chi connectivity index (χ1v) is 1.88. The normalized spacial score (nSPS) is 8.12. The molecule has 0 saturated heterocycles. The Morgan fingerprint density at radius 2 is 2.50 bits per heavy atom. The van der Waals surface area contributed by atoms with Crippen LogP contribution in [0.4, 0.5) is 0 Å². The van der Waals surface area contributed by atoms with Gasteiger partial charge in [-0.2, -0.15) is 5.10 Å². The Hall–Kier alpha value is -0.610. The Labute approximate surface area is 52.4 Å². The number of H-pyrrole nitrogens is 1. The highest BCUT2D eigenvalue weighted by atomic mass is 35.5. The van der Waals surface area contributed by atoms with Gasteiger partial charge in [-0.15, -0.1) is 12.4 Å². The molecular formula is C3H6ClN3O. The predicted molar refractivity (Wildman–Crippen MR) is 29.6 cm³/mol. The highest BCUT2D eigenvalue weighted by Gasteiger charge is 1.85. The minimum atomic E-state index is -0.0694. The minimum absolute atomic E-state index is 0. The highest BCUT2D eigenvalue weighted by molar-refractivity contribution is 5.85. The van der Waals surface area contributed by atoms with Crippen LogP contribution < -0.4 is 0 Å². The molecular weight excluding hydrogens is 130 g/mol. The summed E-state index contributed by atoms with van der Waals surface area (Å²) in [5.41, 5.74) is 0. The zero-order valence-electron chi connectivity index (χ0n) is 4.03. The molecule has 0 saturated carbocycles. The summed E-state index contributed by atoms with van der Waals surface area (Å²) in [6.45, 7) is -0.0694. The maximum absolute atomic E-state index is 8.29. The molecule has 4 nitrogen and oxygen atoms in total. The molecule has 0 aliphatic heterocycles. The molecule has 0 atom stereocenters. The quantitative estimate of drug-likeness (QED) is 0.557. The molecule has 0 aromatic carbocycles. The van der Waals surface area contributed by atoms with Crippen LogP contribution in [0.5, 0.6) is 0 Å². The van der Waals surface area contributed by atoms with Crippen LogP contribution in [0.2, 0.25) is 0 Å². The van der Waals surface area contributed by atoms with Crippen molar-refractivity contribution in [3.63, 3.8) is 0 Å². The summed E-state index contributed by atoms with van der Waals surface area (Å²) in [4.78, 5) is 3.62. The van der Waals surface area contributed by atoms with Crippen molar-refractivity contribution in [2.24, 2.45) is 0 Å². The lowest BCUT2D eigenvalue weighted by Crippen LogP contribution is -1.83. The molecule has 2 N–H and O–H groups in total. The van der Waals surface area contributed by atoms with Gasteiger partial charge in [0.2, 0.25) is 0 Å². The molecule has 1 heterocycles. The molecule has 8 heavy (non-hydrogen) atoms. The van der Waals surface area contributed by atoms with Crippen molar-refractivity contribution in [2.75, 3.05) is 0 Å². The average Bonchev–Trinajstić information content (AvgIpc) is 2.14. The molecule has 1 aromatic rings. The van der Waals surface area contributed by atoms with E-state index >= 15 is 0 Å².